The van der Waals surface area contributed by atoms with E-state index in [-0.39, 0.29) is 11.6 Å². The number of nitrogens with zero attached hydrogens (tertiary/aromatic N) is 2. The van der Waals surface area contributed by atoms with Gasteiger partial charge in [-0.25, -0.2) is 4.98 Å². The summed E-state index contributed by atoms with van der Waals surface area (Å²) in [4.78, 5) is 21.7. The van der Waals surface area contributed by atoms with E-state index in [2.05, 4.69) is 34.2 Å². The van der Waals surface area contributed by atoms with Gasteiger partial charge in [0.05, 0.1) is 5.56 Å². The van der Waals surface area contributed by atoms with Gasteiger partial charge in [0.1, 0.15) is 5.82 Å². The zero-order chi connectivity index (χ0) is 15.6. The van der Waals surface area contributed by atoms with Crippen LogP contribution in [0.25, 0.3) is 0 Å². The van der Waals surface area contributed by atoms with Gasteiger partial charge in [0, 0.05) is 18.3 Å². The van der Waals surface area contributed by atoms with Gasteiger partial charge in [-0.05, 0) is 59.2 Å². The van der Waals surface area contributed by atoms with Crippen molar-refractivity contribution in [3.63, 3.8) is 0 Å². The first-order chi connectivity index (χ1) is 9.81. The summed E-state index contributed by atoms with van der Waals surface area (Å²) in [7, 11) is 2.18. The molecule has 0 bridgehead atoms. The molecule has 0 saturated carbocycles. The van der Waals surface area contributed by atoms with Gasteiger partial charge in [0.15, 0.2) is 0 Å². The Balaban J connectivity index is 2.02. The van der Waals surface area contributed by atoms with Crippen LogP contribution in [0.4, 0.5) is 0 Å². The predicted molar refractivity (Wildman–Crippen MR) is 85.6 cm³/mol. The van der Waals surface area contributed by atoms with Crippen LogP contribution < -0.4 is 10.9 Å². The average Bonchev–Trinajstić information content (AvgIpc) is 2.39. The van der Waals surface area contributed by atoms with Crippen molar-refractivity contribution >= 4 is 0 Å². The number of rotatable bonds is 4. The minimum atomic E-state index is -0.0199. The fraction of sp³-hybridized carbons (Fsp3) is 0.750. The largest absolute Gasteiger partial charge is 0.310 e. The van der Waals surface area contributed by atoms with E-state index in [1.807, 2.05) is 20.8 Å². The summed E-state index contributed by atoms with van der Waals surface area (Å²) in [6.07, 6.45) is 2.40. The molecule has 118 valence electrons. The Morgan fingerprint density at radius 2 is 2.00 bits per heavy atom. The highest BCUT2D eigenvalue weighted by Crippen LogP contribution is 2.30. The highest BCUT2D eigenvalue weighted by molar-refractivity contribution is 5.20. The normalized spacial score (nSPS) is 20.4. The van der Waals surface area contributed by atoms with E-state index < -0.39 is 0 Å². The molecule has 1 fully saturated rings. The van der Waals surface area contributed by atoms with Gasteiger partial charge in [0.2, 0.25) is 0 Å². The summed E-state index contributed by atoms with van der Waals surface area (Å²) in [5.74, 6) is 0.677. The Bertz CT molecular complexity index is 544. The fourth-order valence-electron chi connectivity index (χ4n) is 3.08. The van der Waals surface area contributed by atoms with Crippen molar-refractivity contribution in [2.45, 2.75) is 46.6 Å². The molecule has 5 nitrogen and oxygen atoms in total. The number of H-pyrrole nitrogens is 1. The zero-order valence-electron chi connectivity index (χ0n) is 13.9. The molecule has 2 rings (SSSR count). The quantitative estimate of drug-likeness (QED) is 0.888. The average molecular weight is 292 g/mol. The van der Waals surface area contributed by atoms with Crippen molar-refractivity contribution in [1.29, 1.82) is 0 Å². The molecule has 5 heteroatoms. The first-order valence-electron chi connectivity index (χ1n) is 7.80. The number of aryl methyl sites for hydroxylation is 2. The van der Waals surface area contributed by atoms with Crippen LogP contribution in [0.3, 0.4) is 0 Å². The molecule has 1 aliphatic heterocycles. The SMILES string of the molecule is Cc1nc(C)c(C(C)NCC2(C)CCN(C)CC2)c(=O)[nH]1. The molecule has 21 heavy (non-hydrogen) atoms. The molecule has 0 amide bonds. The molecule has 2 heterocycles. The monoisotopic (exact) mass is 292 g/mol. The van der Waals surface area contributed by atoms with E-state index in [9.17, 15) is 4.79 Å². The summed E-state index contributed by atoms with van der Waals surface area (Å²) >= 11 is 0. The first-order valence-corrected chi connectivity index (χ1v) is 7.80. The molecule has 0 radical (unpaired) electrons. The van der Waals surface area contributed by atoms with Gasteiger partial charge in [-0.2, -0.15) is 0 Å². The number of aromatic amines is 1. The van der Waals surface area contributed by atoms with Crippen LogP contribution in [-0.4, -0.2) is 41.5 Å². The van der Waals surface area contributed by atoms with Crippen LogP contribution in [0.2, 0.25) is 0 Å². The topological polar surface area (TPSA) is 61.0 Å². The van der Waals surface area contributed by atoms with Crippen LogP contribution in [0.15, 0.2) is 4.79 Å². The second kappa shape index (κ2) is 6.28. The van der Waals surface area contributed by atoms with Gasteiger partial charge in [0.25, 0.3) is 5.56 Å². The van der Waals surface area contributed by atoms with E-state index in [1.165, 1.54) is 12.8 Å². The Kier molecular flexibility index (Phi) is 4.84. The molecule has 1 aliphatic rings. The molecule has 0 aliphatic carbocycles. The standard InChI is InChI=1S/C16H28N4O/c1-11(14-12(2)18-13(3)19-15(14)21)17-10-16(4)6-8-20(5)9-7-16/h11,17H,6-10H2,1-5H3,(H,18,19,21). The van der Waals surface area contributed by atoms with Crippen molar-refractivity contribution in [2.24, 2.45) is 5.41 Å². The minimum Gasteiger partial charge on any atom is -0.310 e. The van der Waals surface area contributed by atoms with Gasteiger partial charge in [-0.15, -0.1) is 0 Å². The number of aromatic nitrogens is 2. The smallest absolute Gasteiger partial charge is 0.255 e. The molecule has 0 spiro atoms. The van der Waals surface area contributed by atoms with Crippen molar-refractivity contribution in [1.82, 2.24) is 20.2 Å². The summed E-state index contributed by atoms with van der Waals surface area (Å²) in [5.41, 5.74) is 1.88. The molecule has 0 aromatic carbocycles. The van der Waals surface area contributed by atoms with Gasteiger partial charge in [-0.3, -0.25) is 4.79 Å². The highest BCUT2D eigenvalue weighted by atomic mass is 16.1. The van der Waals surface area contributed by atoms with Gasteiger partial charge < -0.3 is 15.2 Å². The van der Waals surface area contributed by atoms with Crippen LogP contribution in [-0.2, 0) is 0 Å². The second-order valence-corrected chi connectivity index (χ2v) is 6.87. The summed E-state index contributed by atoms with van der Waals surface area (Å²) in [6.45, 7) is 11.4. The summed E-state index contributed by atoms with van der Waals surface area (Å²) in [5, 5.41) is 3.55. The maximum atomic E-state index is 12.1. The van der Waals surface area contributed by atoms with Gasteiger partial charge >= 0.3 is 0 Å². The Hall–Kier alpha value is -1.20. The van der Waals surface area contributed by atoms with Crippen LogP contribution in [0.5, 0.6) is 0 Å². The van der Waals surface area contributed by atoms with Crippen molar-refractivity contribution in [3.05, 3.63) is 27.4 Å². The Morgan fingerprint density at radius 3 is 2.57 bits per heavy atom. The third-order valence-electron chi connectivity index (χ3n) is 4.73. The lowest BCUT2D eigenvalue weighted by Crippen LogP contribution is -2.43. The third kappa shape index (κ3) is 3.92. The maximum absolute atomic E-state index is 12.1. The molecule has 1 saturated heterocycles. The second-order valence-electron chi connectivity index (χ2n) is 6.87. The fourth-order valence-corrected chi connectivity index (χ4v) is 3.08. The van der Waals surface area contributed by atoms with Crippen LogP contribution in [0.1, 0.15) is 49.8 Å². The van der Waals surface area contributed by atoms with Crippen molar-refractivity contribution in [2.75, 3.05) is 26.7 Å². The molecular formula is C16H28N4O. The molecule has 2 N–H and O–H groups in total. The molecule has 1 aromatic heterocycles. The minimum absolute atomic E-state index is 0.0199. The van der Waals surface area contributed by atoms with Crippen LogP contribution >= 0.6 is 0 Å². The van der Waals surface area contributed by atoms with Crippen molar-refractivity contribution in [3.8, 4) is 0 Å². The highest BCUT2D eigenvalue weighted by Gasteiger charge is 2.29. The van der Waals surface area contributed by atoms with Gasteiger partial charge in [-0.1, -0.05) is 6.92 Å². The number of hydrogen-bond donors (Lipinski definition) is 2. The van der Waals surface area contributed by atoms with E-state index in [1.54, 1.807) is 0 Å². The van der Waals surface area contributed by atoms with E-state index in [0.29, 0.717) is 11.2 Å². The summed E-state index contributed by atoms with van der Waals surface area (Å²) in [6, 6.07) is 0.0262. The molecule has 1 atom stereocenters. The number of nitrogens with one attached hydrogen (secondary N) is 2. The first kappa shape index (κ1) is 16.2. The number of likely N-dealkylation sites (tertiary alicyclic amines) is 1. The van der Waals surface area contributed by atoms with E-state index in [0.717, 1.165) is 30.9 Å². The van der Waals surface area contributed by atoms with E-state index >= 15 is 0 Å². The lowest BCUT2D eigenvalue weighted by atomic mass is 9.80. The zero-order valence-corrected chi connectivity index (χ0v) is 13.9. The van der Waals surface area contributed by atoms with E-state index in [4.69, 9.17) is 0 Å². The number of hydrogen-bond acceptors (Lipinski definition) is 4. The Labute approximate surface area is 127 Å². The number of piperidine rings is 1. The predicted octanol–water partition coefficient (Wildman–Crippen LogP) is 1.77. The maximum Gasteiger partial charge on any atom is 0.255 e. The van der Waals surface area contributed by atoms with Crippen LogP contribution in [0, 0.1) is 19.3 Å². The van der Waals surface area contributed by atoms with Crippen molar-refractivity contribution < 1.29 is 0 Å². The lowest BCUT2D eigenvalue weighted by Gasteiger charge is -2.38. The third-order valence-corrected chi connectivity index (χ3v) is 4.73. The molecular weight excluding hydrogens is 264 g/mol. The lowest BCUT2D eigenvalue weighted by molar-refractivity contribution is 0.134. The molecule has 1 aromatic rings. The Morgan fingerprint density at radius 1 is 1.38 bits per heavy atom. The summed E-state index contributed by atoms with van der Waals surface area (Å²) < 4.78 is 0. The molecule has 1 unspecified atom stereocenters.